The summed E-state index contributed by atoms with van der Waals surface area (Å²) in [6, 6.07) is 0. The Morgan fingerprint density at radius 1 is 1.23 bits per heavy atom. The average Bonchev–Trinajstić information content (AvgIpc) is 2.40. The third-order valence-electron chi connectivity index (χ3n) is 3.63. The first-order valence-corrected chi connectivity index (χ1v) is 7.42. The summed E-state index contributed by atoms with van der Waals surface area (Å²) in [4.78, 5) is 35.5. The Hall–Kier alpha value is -1.69. The number of Topliss-reactive ketones (excluding diaryl/α,β-unsaturated/α-hetero) is 1. The van der Waals surface area contributed by atoms with Gasteiger partial charge in [-0.3, -0.25) is 14.4 Å². The first-order valence-electron chi connectivity index (χ1n) is 7.42. The third-order valence-corrected chi connectivity index (χ3v) is 3.63. The first-order chi connectivity index (χ1) is 10.2. The molecule has 0 aromatic carbocycles. The van der Waals surface area contributed by atoms with Gasteiger partial charge in [-0.2, -0.15) is 0 Å². The Kier molecular flexibility index (Phi) is 6.29. The quantitative estimate of drug-likeness (QED) is 0.769. The molecule has 0 bridgehead atoms. The summed E-state index contributed by atoms with van der Waals surface area (Å²) < 4.78 is 10.6. The summed E-state index contributed by atoms with van der Waals surface area (Å²) in [7, 11) is 0. The van der Waals surface area contributed by atoms with Crippen molar-refractivity contribution in [3.63, 3.8) is 0 Å². The minimum absolute atomic E-state index is 0.0604. The van der Waals surface area contributed by atoms with Gasteiger partial charge in [0.1, 0.15) is 6.10 Å². The van der Waals surface area contributed by atoms with Crippen LogP contribution in [0.1, 0.15) is 34.6 Å². The van der Waals surface area contributed by atoms with E-state index >= 15 is 0 Å². The lowest BCUT2D eigenvalue weighted by Gasteiger charge is -2.37. The van der Waals surface area contributed by atoms with Crippen LogP contribution in [-0.2, 0) is 23.9 Å². The van der Waals surface area contributed by atoms with Crippen LogP contribution in [0.2, 0.25) is 0 Å². The maximum atomic E-state index is 12.3. The molecule has 22 heavy (non-hydrogen) atoms. The summed E-state index contributed by atoms with van der Waals surface area (Å²) in [5.41, 5.74) is 0.102. The molecule has 0 fully saturated rings. The van der Waals surface area contributed by atoms with E-state index in [-0.39, 0.29) is 17.4 Å². The smallest absolute Gasteiger partial charge is 0.308 e. The molecule has 1 aliphatic carbocycles. The second kappa shape index (κ2) is 7.54. The van der Waals surface area contributed by atoms with Crippen molar-refractivity contribution >= 4 is 17.7 Å². The standard InChI is InChI=1S/C16H24O6/c1-8(2)13-12(22-16(20)9(3)4)6-11(7-17)14(19)15(13)21-10(5)18/h6,8-9,12-13,15,17H,7H2,1-5H3/t12-,13-,15+/m1/s1. The van der Waals surface area contributed by atoms with E-state index in [9.17, 15) is 19.5 Å². The highest BCUT2D eigenvalue weighted by Gasteiger charge is 2.44. The van der Waals surface area contributed by atoms with Gasteiger partial charge in [0.25, 0.3) is 0 Å². The van der Waals surface area contributed by atoms with Gasteiger partial charge < -0.3 is 14.6 Å². The minimum Gasteiger partial charge on any atom is -0.457 e. The van der Waals surface area contributed by atoms with Crippen molar-refractivity contribution in [1.82, 2.24) is 0 Å². The first kappa shape index (κ1) is 18.4. The van der Waals surface area contributed by atoms with Crippen LogP contribution >= 0.6 is 0 Å². The van der Waals surface area contributed by atoms with Crippen LogP contribution in [0.5, 0.6) is 0 Å². The Bertz CT molecular complexity index is 477. The fourth-order valence-corrected chi connectivity index (χ4v) is 2.47. The molecule has 6 heteroatoms. The van der Waals surface area contributed by atoms with Gasteiger partial charge >= 0.3 is 11.9 Å². The van der Waals surface area contributed by atoms with E-state index < -0.39 is 42.5 Å². The van der Waals surface area contributed by atoms with E-state index in [0.717, 1.165) is 0 Å². The van der Waals surface area contributed by atoms with Crippen LogP contribution in [-0.4, -0.2) is 41.6 Å². The predicted octanol–water partition coefficient (Wildman–Crippen LogP) is 1.26. The lowest BCUT2D eigenvalue weighted by atomic mass is 9.77. The largest absolute Gasteiger partial charge is 0.457 e. The van der Waals surface area contributed by atoms with Crippen molar-refractivity contribution < 1.29 is 29.0 Å². The number of hydrogen-bond acceptors (Lipinski definition) is 6. The number of carbonyl (C=O) groups excluding carboxylic acids is 3. The molecule has 0 saturated heterocycles. The van der Waals surface area contributed by atoms with Crippen molar-refractivity contribution in [3.05, 3.63) is 11.6 Å². The number of ketones is 1. The van der Waals surface area contributed by atoms with Crippen LogP contribution in [0.4, 0.5) is 0 Å². The molecular weight excluding hydrogens is 288 g/mol. The minimum atomic E-state index is -1.05. The second-order valence-electron chi connectivity index (χ2n) is 6.12. The van der Waals surface area contributed by atoms with Gasteiger partial charge in [0.2, 0.25) is 5.78 Å². The molecule has 1 rings (SSSR count). The average molecular weight is 312 g/mol. The van der Waals surface area contributed by atoms with Crippen molar-refractivity contribution in [2.75, 3.05) is 6.61 Å². The van der Waals surface area contributed by atoms with Crippen molar-refractivity contribution in [1.29, 1.82) is 0 Å². The Labute approximate surface area is 130 Å². The molecule has 0 radical (unpaired) electrons. The normalized spacial score (nSPS) is 25.2. The molecule has 0 heterocycles. The van der Waals surface area contributed by atoms with E-state index in [1.54, 1.807) is 13.8 Å². The summed E-state index contributed by atoms with van der Waals surface area (Å²) in [6.07, 6.45) is -0.290. The maximum Gasteiger partial charge on any atom is 0.308 e. The van der Waals surface area contributed by atoms with Crippen LogP contribution in [0, 0.1) is 17.8 Å². The molecule has 0 unspecified atom stereocenters. The van der Waals surface area contributed by atoms with E-state index in [1.807, 2.05) is 13.8 Å². The zero-order valence-corrected chi connectivity index (χ0v) is 13.7. The third kappa shape index (κ3) is 4.16. The summed E-state index contributed by atoms with van der Waals surface area (Å²) >= 11 is 0. The topological polar surface area (TPSA) is 89.9 Å². The van der Waals surface area contributed by atoms with E-state index in [1.165, 1.54) is 13.0 Å². The summed E-state index contributed by atoms with van der Waals surface area (Å²) in [5.74, 6) is -2.28. The molecule has 0 aromatic rings. The molecule has 6 nitrogen and oxygen atoms in total. The van der Waals surface area contributed by atoms with Gasteiger partial charge in [0.15, 0.2) is 6.10 Å². The van der Waals surface area contributed by atoms with Gasteiger partial charge in [0.05, 0.1) is 12.5 Å². The lowest BCUT2D eigenvalue weighted by molar-refractivity contribution is -0.167. The Balaban J connectivity index is 3.19. The van der Waals surface area contributed by atoms with Crippen molar-refractivity contribution in [3.8, 4) is 0 Å². The molecule has 0 spiro atoms. The number of ether oxygens (including phenoxy) is 2. The number of rotatable bonds is 5. The van der Waals surface area contributed by atoms with Gasteiger partial charge in [-0.25, -0.2) is 0 Å². The molecule has 1 aliphatic rings. The fourth-order valence-electron chi connectivity index (χ4n) is 2.47. The number of aliphatic hydroxyl groups excluding tert-OH is 1. The Morgan fingerprint density at radius 2 is 1.82 bits per heavy atom. The van der Waals surface area contributed by atoms with Crippen LogP contribution in [0.3, 0.4) is 0 Å². The molecule has 0 aromatic heterocycles. The highest BCUT2D eigenvalue weighted by atomic mass is 16.6. The van der Waals surface area contributed by atoms with Gasteiger partial charge in [-0.1, -0.05) is 27.7 Å². The molecule has 0 aliphatic heterocycles. The second-order valence-corrected chi connectivity index (χ2v) is 6.12. The molecular formula is C16H24O6. The molecule has 0 amide bonds. The van der Waals surface area contributed by atoms with Crippen LogP contribution in [0.15, 0.2) is 11.6 Å². The SMILES string of the molecule is CC(=O)O[C@@H]1C(=O)C(CO)=C[C@@H](OC(=O)C(C)C)[C@H]1C(C)C. The van der Waals surface area contributed by atoms with Crippen LogP contribution < -0.4 is 0 Å². The van der Waals surface area contributed by atoms with E-state index in [0.29, 0.717) is 0 Å². The van der Waals surface area contributed by atoms with E-state index in [4.69, 9.17) is 9.47 Å². The monoisotopic (exact) mass is 312 g/mol. The van der Waals surface area contributed by atoms with Crippen LogP contribution in [0.25, 0.3) is 0 Å². The number of hydrogen-bond donors (Lipinski definition) is 1. The Morgan fingerprint density at radius 3 is 2.23 bits per heavy atom. The molecule has 3 atom stereocenters. The van der Waals surface area contributed by atoms with Crippen molar-refractivity contribution in [2.45, 2.75) is 46.8 Å². The zero-order chi connectivity index (χ0) is 17.0. The zero-order valence-electron chi connectivity index (χ0n) is 13.7. The number of aliphatic hydroxyl groups is 1. The maximum absolute atomic E-state index is 12.3. The van der Waals surface area contributed by atoms with Gasteiger partial charge in [-0.15, -0.1) is 0 Å². The summed E-state index contributed by atoms with van der Waals surface area (Å²) in [6.45, 7) is 7.88. The highest BCUT2D eigenvalue weighted by Crippen LogP contribution is 2.32. The fraction of sp³-hybridized carbons (Fsp3) is 0.688. The highest BCUT2D eigenvalue weighted by molar-refractivity contribution is 6.01. The van der Waals surface area contributed by atoms with Gasteiger partial charge in [0, 0.05) is 18.4 Å². The summed E-state index contributed by atoms with van der Waals surface area (Å²) in [5, 5.41) is 9.33. The molecule has 124 valence electrons. The van der Waals surface area contributed by atoms with E-state index in [2.05, 4.69) is 0 Å². The number of esters is 2. The van der Waals surface area contributed by atoms with Crippen molar-refractivity contribution in [2.24, 2.45) is 17.8 Å². The molecule has 1 N–H and O–H groups in total. The number of carbonyl (C=O) groups is 3. The van der Waals surface area contributed by atoms with Gasteiger partial charge in [-0.05, 0) is 12.0 Å². The lowest BCUT2D eigenvalue weighted by Crippen LogP contribution is -2.48. The molecule has 0 saturated carbocycles. The predicted molar refractivity (Wildman–Crippen MR) is 78.8 cm³/mol.